The fourth-order valence-electron chi connectivity index (χ4n) is 2.07. The van der Waals surface area contributed by atoms with Crippen LogP contribution >= 0.6 is 11.3 Å². The third-order valence-electron chi connectivity index (χ3n) is 2.85. The second kappa shape index (κ2) is 5.63. The molecule has 0 bridgehead atoms. The standard InChI is InChI=1S/C15H18FNS/c1-4-17-13(7-10(2)3)15-8-11-5-6-12(16)9-14(11)18-15/h5-6,8-9,13,17H,2,4,7H2,1,3H3. The Hall–Kier alpha value is -1.19. The first-order chi connectivity index (χ1) is 8.60. The summed E-state index contributed by atoms with van der Waals surface area (Å²) in [6.07, 6.45) is 0.920. The van der Waals surface area contributed by atoms with Crippen molar-refractivity contribution < 1.29 is 4.39 Å². The van der Waals surface area contributed by atoms with E-state index in [9.17, 15) is 4.39 Å². The summed E-state index contributed by atoms with van der Waals surface area (Å²) in [5.41, 5.74) is 1.16. The van der Waals surface area contributed by atoms with Crippen molar-refractivity contribution in [3.05, 3.63) is 47.1 Å². The van der Waals surface area contributed by atoms with Gasteiger partial charge in [0.2, 0.25) is 0 Å². The van der Waals surface area contributed by atoms with Gasteiger partial charge in [-0.25, -0.2) is 4.39 Å². The van der Waals surface area contributed by atoms with Crippen molar-refractivity contribution in [1.82, 2.24) is 5.32 Å². The molecule has 2 aromatic rings. The summed E-state index contributed by atoms with van der Waals surface area (Å²) >= 11 is 1.66. The van der Waals surface area contributed by atoms with Crippen LogP contribution in [0.2, 0.25) is 0 Å². The molecule has 1 unspecified atom stereocenters. The summed E-state index contributed by atoms with van der Waals surface area (Å²) in [4.78, 5) is 1.25. The van der Waals surface area contributed by atoms with Gasteiger partial charge in [-0.3, -0.25) is 0 Å². The molecular formula is C15H18FNS. The van der Waals surface area contributed by atoms with Crippen LogP contribution in [-0.2, 0) is 0 Å². The van der Waals surface area contributed by atoms with Crippen LogP contribution in [0.5, 0.6) is 0 Å². The molecule has 1 aromatic heterocycles. The lowest BCUT2D eigenvalue weighted by Crippen LogP contribution is -2.20. The van der Waals surface area contributed by atoms with Gasteiger partial charge in [-0.1, -0.05) is 18.6 Å². The lowest BCUT2D eigenvalue weighted by molar-refractivity contribution is 0.557. The fourth-order valence-corrected chi connectivity index (χ4v) is 3.23. The van der Waals surface area contributed by atoms with Crippen molar-refractivity contribution in [2.24, 2.45) is 0 Å². The van der Waals surface area contributed by atoms with E-state index in [1.807, 2.05) is 13.0 Å². The van der Waals surface area contributed by atoms with Gasteiger partial charge >= 0.3 is 0 Å². The zero-order valence-electron chi connectivity index (χ0n) is 10.8. The Balaban J connectivity index is 2.34. The van der Waals surface area contributed by atoms with E-state index in [4.69, 9.17) is 0 Å². The zero-order chi connectivity index (χ0) is 13.1. The highest BCUT2D eigenvalue weighted by Crippen LogP contribution is 2.32. The Kier molecular flexibility index (Phi) is 4.15. The van der Waals surface area contributed by atoms with E-state index < -0.39 is 0 Å². The van der Waals surface area contributed by atoms with E-state index >= 15 is 0 Å². The van der Waals surface area contributed by atoms with E-state index in [1.54, 1.807) is 17.4 Å². The van der Waals surface area contributed by atoms with Crippen molar-refractivity contribution in [3.8, 4) is 0 Å². The van der Waals surface area contributed by atoms with Gasteiger partial charge in [-0.15, -0.1) is 17.9 Å². The molecule has 1 aromatic carbocycles. The lowest BCUT2D eigenvalue weighted by Gasteiger charge is -2.16. The molecule has 1 heterocycles. The monoisotopic (exact) mass is 263 g/mol. The van der Waals surface area contributed by atoms with Gasteiger partial charge in [0.1, 0.15) is 5.82 Å². The van der Waals surface area contributed by atoms with Crippen LogP contribution in [0.25, 0.3) is 10.1 Å². The molecule has 0 aliphatic heterocycles. The predicted molar refractivity (Wildman–Crippen MR) is 77.6 cm³/mol. The van der Waals surface area contributed by atoms with Crippen LogP contribution < -0.4 is 5.32 Å². The molecule has 1 atom stereocenters. The molecule has 18 heavy (non-hydrogen) atoms. The highest BCUT2D eigenvalue weighted by atomic mass is 32.1. The minimum Gasteiger partial charge on any atom is -0.309 e. The molecule has 0 saturated heterocycles. The van der Waals surface area contributed by atoms with Crippen molar-refractivity contribution in [2.45, 2.75) is 26.3 Å². The average Bonchev–Trinajstić information content (AvgIpc) is 2.70. The largest absolute Gasteiger partial charge is 0.309 e. The third kappa shape index (κ3) is 2.98. The highest BCUT2D eigenvalue weighted by Gasteiger charge is 2.13. The molecule has 0 saturated carbocycles. The molecule has 0 fully saturated rings. The van der Waals surface area contributed by atoms with Gasteiger partial charge in [-0.2, -0.15) is 0 Å². The van der Waals surface area contributed by atoms with Gasteiger partial charge in [0.05, 0.1) is 0 Å². The Bertz CT molecular complexity index is 559. The van der Waals surface area contributed by atoms with E-state index in [2.05, 4.69) is 24.9 Å². The maximum atomic E-state index is 13.2. The van der Waals surface area contributed by atoms with Crippen molar-refractivity contribution in [2.75, 3.05) is 6.54 Å². The summed E-state index contributed by atoms with van der Waals surface area (Å²) < 4.78 is 14.2. The molecule has 96 valence electrons. The normalized spacial score (nSPS) is 12.8. The molecule has 0 radical (unpaired) electrons. The Morgan fingerprint density at radius 3 is 2.89 bits per heavy atom. The summed E-state index contributed by atoms with van der Waals surface area (Å²) in [5, 5.41) is 4.57. The van der Waals surface area contributed by atoms with Crippen LogP contribution in [0.1, 0.15) is 31.2 Å². The van der Waals surface area contributed by atoms with Crippen LogP contribution in [0.15, 0.2) is 36.4 Å². The van der Waals surface area contributed by atoms with Crippen molar-refractivity contribution in [1.29, 1.82) is 0 Å². The first-order valence-electron chi connectivity index (χ1n) is 6.17. The van der Waals surface area contributed by atoms with Gasteiger partial charge in [0.15, 0.2) is 0 Å². The SMILES string of the molecule is C=C(C)CC(NCC)c1cc2ccc(F)cc2s1. The van der Waals surface area contributed by atoms with Gasteiger partial charge in [0, 0.05) is 15.6 Å². The summed E-state index contributed by atoms with van der Waals surface area (Å²) in [6, 6.07) is 7.39. The lowest BCUT2D eigenvalue weighted by atomic mass is 10.1. The topological polar surface area (TPSA) is 12.0 Å². The molecule has 2 rings (SSSR count). The van der Waals surface area contributed by atoms with Gasteiger partial charge in [0.25, 0.3) is 0 Å². The summed E-state index contributed by atoms with van der Waals surface area (Å²) in [6.45, 7) is 9.03. The predicted octanol–water partition coefficient (Wildman–Crippen LogP) is 4.66. The number of hydrogen-bond donors (Lipinski definition) is 1. The third-order valence-corrected chi connectivity index (χ3v) is 4.06. The first-order valence-corrected chi connectivity index (χ1v) is 6.98. The Labute approximate surface area is 111 Å². The molecule has 1 N–H and O–H groups in total. The van der Waals surface area contributed by atoms with E-state index in [0.717, 1.165) is 28.6 Å². The van der Waals surface area contributed by atoms with Crippen LogP contribution in [0.3, 0.4) is 0 Å². The minimum atomic E-state index is -0.171. The fraction of sp³-hybridized carbons (Fsp3) is 0.333. The zero-order valence-corrected chi connectivity index (χ0v) is 11.6. The number of rotatable bonds is 5. The Morgan fingerprint density at radius 2 is 2.22 bits per heavy atom. The van der Waals surface area contributed by atoms with E-state index in [-0.39, 0.29) is 11.9 Å². The van der Waals surface area contributed by atoms with Crippen LogP contribution in [-0.4, -0.2) is 6.54 Å². The number of hydrogen-bond acceptors (Lipinski definition) is 2. The number of benzene rings is 1. The number of halogens is 1. The molecule has 3 heteroatoms. The molecule has 0 aliphatic carbocycles. The average molecular weight is 263 g/mol. The summed E-state index contributed by atoms with van der Waals surface area (Å²) in [7, 11) is 0. The van der Waals surface area contributed by atoms with Crippen molar-refractivity contribution in [3.63, 3.8) is 0 Å². The van der Waals surface area contributed by atoms with E-state index in [0.29, 0.717) is 0 Å². The molecule has 0 aliphatic rings. The summed E-state index contributed by atoms with van der Waals surface area (Å²) in [5.74, 6) is -0.171. The van der Waals surface area contributed by atoms with Gasteiger partial charge < -0.3 is 5.32 Å². The van der Waals surface area contributed by atoms with Crippen molar-refractivity contribution >= 4 is 21.4 Å². The Morgan fingerprint density at radius 1 is 1.44 bits per heavy atom. The van der Waals surface area contributed by atoms with Crippen LogP contribution in [0.4, 0.5) is 4.39 Å². The smallest absolute Gasteiger partial charge is 0.124 e. The number of nitrogens with one attached hydrogen (secondary N) is 1. The number of thiophene rings is 1. The highest BCUT2D eigenvalue weighted by molar-refractivity contribution is 7.19. The maximum Gasteiger partial charge on any atom is 0.124 e. The molecule has 1 nitrogen and oxygen atoms in total. The first kappa shape index (κ1) is 13.2. The molecule has 0 spiro atoms. The number of fused-ring (bicyclic) bond motifs is 1. The molecule has 0 amide bonds. The minimum absolute atomic E-state index is 0.171. The maximum absolute atomic E-state index is 13.2. The van der Waals surface area contributed by atoms with E-state index in [1.165, 1.54) is 10.9 Å². The van der Waals surface area contributed by atoms with Crippen LogP contribution in [0, 0.1) is 5.82 Å². The quantitative estimate of drug-likeness (QED) is 0.774. The van der Waals surface area contributed by atoms with Gasteiger partial charge in [-0.05, 0) is 43.5 Å². The second-order valence-electron chi connectivity index (χ2n) is 4.60. The second-order valence-corrected chi connectivity index (χ2v) is 5.72. The molecular weight excluding hydrogens is 245 g/mol.